The first-order valence-electron chi connectivity index (χ1n) is 12.4. The zero-order valence-corrected chi connectivity index (χ0v) is 23.1. The molecule has 3 heterocycles. The van der Waals surface area contributed by atoms with E-state index in [2.05, 4.69) is 23.8 Å². The molecular weight excluding hydrogens is 538 g/mol. The van der Waals surface area contributed by atoms with Gasteiger partial charge in [0, 0.05) is 23.0 Å². The summed E-state index contributed by atoms with van der Waals surface area (Å²) in [6, 6.07) is 12.6. The molecular formula is C29H26ClN3O5S. The molecule has 1 N–H and O–H groups in total. The summed E-state index contributed by atoms with van der Waals surface area (Å²) in [7, 11) is 1.53. The number of carbonyl (C=O) groups is 2. The minimum absolute atomic E-state index is 0.0565. The van der Waals surface area contributed by atoms with Crippen molar-refractivity contribution in [3.63, 3.8) is 0 Å². The molecule has 1 saturated heterocycles. The molecule has 39 heavy (non-hydrogen) atoms. The van der Waals surface area contributed by atoms with Gasteiger partial charge in [-0.2, -0.15) is 0 Å². The van der Waals surface area contributed by atoms with E-state index in [-0.39, 0.29) is 11.3 Å². The molecule has 2 aromatic carbocycles. The number of hydrogen-bond donors (Lipinski definition) is 1. The molecule has 0 bridgehead atoms. The number of nitrogens with zero attached hydrogens (tertiary/aromatic N) is 3. The molecule has 1 fully saturated rings. The van der Waals surface area contributed by atoms with Crippen LogP contribution in [0.15, 0.2) is 66.5 Å². The van der Waals surface area contributed by atoms with Crippen LogP contribution in [-0.4, -0.2) is 40.5 Å². The van der Waals surface area contributed by atoms with Crippen LogP contribution in [0.25, 0.3) is 16.0 Å². The molecule has 8 nitrogen and oxygen atoms in total. The Balaban J connectivity index is 1.66. The number of thiazole rings is 1. The van der Waals surface area contributed by atoms with Gasteiger partial charge in [-0.25, -0.2) is 4.98 Å². The highest BCUT2D eigenvalue weighted by Crippen LogP contribution is 2.46. The van der Waals surface area contributed by atoms with E-state index in [0.717, 1.165) is 11.1 Å². The van der Waals surface area contributed by atoms with E-state index in [4.69, 9.17) is 21.1 Å². The standard InChI is InChI=1S/C29H26ClN3O5S/c1-16(2)10-13-38-21-7-4-18(14-22(21)37-3)25-24(26(34)17-8-11-31-12-9-17)27(35)28(36)33(25)29-32-20-6-5-19(30)15-23(20)39-29/h4-9,11-12,14-16,25,34H,10,13H2,1-3H3. The number of pyridine rings is 1. The van der Waals surface area contributed by atoms with Crippen LogP contribution in [0.2, 0.25) is 5.02 Å². The molecule has 0 aliphatic carbocycles. The third-order valence-corrected chi connectivity index (χ3v) is 7.65. The monoisotopic (exact) mass is 563 g/mol. The van der Waals surface area contributed by atoms with Crippen molar-refractivity contribution >= 4 is 55.7 Å². The number of anilines is 1. The Labute approximate surface area is 234 Å². The van der Waals surface area contributed by atoms with Crippen molar-refractivity contribution in [2.45, 2.75) is 26.3 Å². The van der Waals surface area contributed by atoms with Crippen LogP contribution in [0.4, 0.5) is 5.13 Å². The van der Waals surface area contributed by atoms with Gasteiger partial charge >= 0.3 is 5.91 Å². The molecule has 5 rings (SSSR count). The van der Waals surface area contributed by atoms with E-state index in [0.29, 0.717) is 50.8 Å². The topological polar surface area (TPSA) is 102 Å². The van der Waals surface area contributed by atoms with Crippen LogP contribution in [-0.2, 0) is 9.59 Å². The maximum Gasteiger partial charge on any atom is 0.301 e. The summed E-state index contributed by atoms with van der Waals surface area (Å²) in [5.74, 6) is -0.445. The second-order valence-electron chi connectivity index (χ2n) is 9.45. The van der Waals surface area contributed by atoms with Crippen molar-refractivity contribution in [3.8, 4) is 11.5 Å². The number of benzene rings is 2. The number of carbonyl (C=O) groups excluding carboxylic acids is 2. The zero-order valence-electron chi connectivity index (χ0n) is 21.6. The SMILES string of the molecule is COc1cc(C2C(=C(O)c3ccncc3)C(=O)C(=O)N2c2nc3ccc(Cl)cc3s2)ccc1OCCC(C)C. The quantitative estimate of drug-likeness (QED) is 0.150. The van der Waals surface area contributed by atoms with Crippen molar-refractivity contribution in [2.75, 3.05) is 18.6 Å². The average Bonchev–Trinajstić information content (AvgIpc) is 3.46. The highest BCUT2D eigenvalue weighted by molar-refractivity contribution is 7.22. The number of Topliss-reactive ketones (excluding diaryl/α,β-unsaturated/α-hetero) is 1. The normalized spacial score (nSPS) is 16.8. The van der Waals surface area contributed by atoms with Crippen LogP contribution in [0.3, 0.4) is 0 Å². The van der Waals surface area contributed by atoms with Crippen LogP contribution < -0.4 is 14.4 Å². The molecule has 0 spiro atoms. The fraction of sp³-hybridized carbons (Fsp3) is 0.241. The number of aromatic nitrogens is 2. The largest absolute Gasteiger partial charge is 0.507 e. The number of rotatable bonds is 8. The molecule has 1 amide bonds. The van der Waals surface area contributed by atoms with Gasteiger partial charge in [-0.1, -0.05) is 42.9 Å². The highest BCUT2D eigenvalue weighted by Gasteiger charge is 2.48. The number of halogens is 1. The predicted octanol–water partition coefficient (Wildman–Crippen LogP) is 6.40. The van der Waals surface area contributed by atoms with Crippen LogP contribution >= 0.6 is 22.9 Å². The van der Waals surface area contributed by atoms with Crippen molar-refractivity contribution in [1.29, 1.82) is 0 Å². The van der Waals surface area contributed by atoms with Gasteiger partial charge in [0.05, 0.1) is 35.5 Å². The third kappa shape index (κ3) is 5.20. The van der Waals surface area contributed by atoms with Gasteiger partial charge in [0.1, 0.15) is 5.76 Å². The van der Waals surface area contributed by atoms with Gasteiger partial charge in [-0.3, -0.25) is 19.5 Å². The molecule has 2 aromatic heterocycles. The van der Waals surface area contributed by atoms with E-state index in [1.54, 1.807) is 48.5 Å². The molecule has 0 saturated carbocycles. The average molecular weight is 564 g/mol. The molecule has 1 atom stereocenters. The Morgan fingerprint density at radius 3 is 2.59 bits per heavy atom. The predicted molar refractivity (Wildman–Crippen MR) is 152 cm³/mol. The Morgan fingerprint density at radius 1 is 1.10 bits per heavy atom. The number of ketones is 1. The summed E-state index contributed by atoms with van der Waals surface area (Å²) in [6.45, 7) is 4.75. The van der Waals surface area contributed by atoms with Gasteiger partial charge in [-0.15, -0.1) is 0 Å². The molecule has 1 unspecified atom stereocenters. The van der Waals surface area contributed by atoms with Gasteiger partial charge < -0.3 is 14.6 Å². The number of amides is 1. The second kappa shape index (κ2) is 11.0. The molecule has 1 aliphatic rings. The van der Waals surface area contributed by atoms with Crippen LogP contribution in [0.1, 0.15) is 37.4 Å². The summed E-state index contributed by atoms with van der Waals surface area (Å²) in [5.41, 5.74) is 1.50. The Bertz CT molecular complexity index is 1580. The first-order chi connectivity index (χ1) is 18.8. The maximum absolute atomic E-state index is 13.5. The van der Waals surface area contributed by atoms with E-state index in [1.165, 1.54) is 35.7 Å². The van der Waals surface area contributed by atoms with E-state index in [9.17, 15) is 14.7 Å². The molecule has 200 valence electrons. The Morgan fingerprint density at radius 2 is 1.87 bits per heavy atom. The van der Waals surface area contributed by atoms with Crippen LogP contribution in [0, 0.1) is 5.92 Å². The van der Waals surface area contributed by atoms with E-state index >= 15 is 0 Å². The van der Waals surface area contributed by atoms with Gasteiger partial charge in [0.15, 0.2) is 16.6 Å². The molecule has 10 heteroatoms. The molecule has 0 radical (unpaired) electrons. The number of methoxy groups -OCH3 is 1. The Kier molecular flexibility index (Phi) is 7.54. The lowest BCUT2D eigenvalue weighted by Crippen LogP contribution is -2.29. The van der Waals surface area contributed by atoms with E-state index in [1.807, 2.05) is 0 Å². The Hall–Kier alpha value is -3.95. The minimum atomic E-state index is -0.965. The number of aliphatic hydroxyl groups is 1. The fourth-order valence-corrected chi connectivity index (χ4v) is 5.65. The number of hydrogen-bond acceptors (Lipinski definition) is 8. The molecule has 4 aromatic rings. The smallest absolute Gasteiger partial charge is 0.301 e. The summed E-state index contributed by atoms with van der Waals surface area (Å²) >= 11 is 7.41. The van der Waals surface area contributed by atoms with Crippen LogP contribution in [0.5, 0.6) is 11.5 Å². The zero-order chi connectivity index (χ0) is 27.7. The third-order valence-electron chi connectivity index (χ3n) is 6.40. The van der Waals surface area contributed by atoms with Gasteiger partial charge in [0.25, 0.3) is 5.78 Å². The van der Waals surface area contributed by atoms with E-state index < -0.39 is 17.7 Å². The lowest BCUT2D eigenvalue weighted by molar-refractivity contribution is -0.132. The fourth-order valence-electron chi connectivity index (χ4n) is 4.38. The number of ether oxygens (including phenoxy) is 2. The summed E-state index contributed by atoms with van der Waals surface area (Å²) in [6.07, 6.45) is 3.88. The highest BCUT2D eigenvalue weighted by atomic mass is 35.5. The van der Waals surface area contributed by atoms with Crippen molar-refractivity contribution in [1.82, 2.24) is 9.97 Å². The number of fused-ring (bicyclic) bond motifs is 1. The second-order valence-corrected chi connectivity index (χ2v) is 10.9. The lowest BCUT2D eigenvalue weighted by Gasteiger charge is -2.24. The maximum atomic E-state index is 13.5. The van der Waals surface area contributed by atoms with Gasteiger partial charge in [0.2, 0.25) is 0 Å². The minimum Gasteiger partial charge on any atom is -0.507 e. The lowest BCUT2D eigenvalue weighted by atomic mass is 9.95. The van der Waals surface area contributed by atoms with Gasteiger partial charge in [-0.05, 0) is 60.4 Å². The summed E-state index contributed by atoms with van der Waals surface area (Å²) in [4.78, 5) is 36.9. The first-order valence-corrected chi connectivity index (χ1v) is 13.6. The first kappa shape index (κ1) is 26.6. The van der Waals surface area contributed by atoms with Crippen molar-refractivity contribution < 1.29 is 24.2 Å². The van der Waals surface area contributed by atoms with Crippen molar-refractivity contribution in [3.05, 3.63) is 82.6 Å². The number of aliphatic hydroxyl groups excluding tert-OH is 1. The molecule has 1 aliphatic heterocycles. The van der Waals surface area contributed by atoms with Crippen molar-refractivity contribution in [2.24, 2.45) is 5.92 Å². The summed E-state index contributed by atoms with van der Waals surface area (Å²) < 4.78 is 12.3. The summed E-state index contributed by atoms with van der Waals surface area (Å²) in [5, 5.41) is 12.1.